The SMILES string of the molecule is CCC(N)C(N1CCCC(O)C1)C(F)(F)F. The van der Waals surface area contributed by atoms with Crippen LogP contribution in [0.4, 0.5) is 13.2 Å². The van der Waals surface area contributed by atoms with E-state index < -0.39 is 24.4 Å². The number of hydrogen-bond donors (Lipinski definition) is 2. The highest BCUT2D eigenvalue weighted by Gasteiger charge is 2.47. The molecule has 0 bridgehead atoms. The Hall–Kier alpha value is -0.330. The van der Waals surface area contributed by atoms with Crippen molar-refractivity contribution in [1.29, 1.82) is 0 Å². The maximum atomic E-state index is 12.9. The number of β-amino-alcohol motifs (C(OH)–C–C–N with tert-alkyl or cyclic N) is 1. The fourth-order valence-electron chi connectivity index (χ4n) is 2.18. The quantitative estimate of drug-likeness (QED) is 0.777. The van der Waals surface area contributed by atoms with Crippen molar-refractivity contribution in [2.75, 3.05) is 13.1 Å². The summed E-state index contributed by atoms with van der Waals surface area (Å²) in [7, 11) is 0. The molecule has 0 aromatic rings. The summed E-state index contributed by atoms with van der Waals surface area (Å²) in [5.74, 6) is 0. The lowest BCUT2D eigenvalue weighted by Crippen LogP contribution is -2.58. The van der Waals surface area contributed by atoms with E-state index in [1.165, 1.54) is 4.90 Å². The van der Waals surface area contributed by atoms with Crippen LogP contribution in [0.3, 0.4) is 0 Å². The van der Waals surface area contributed by atoms with Crippen molar-refractivity contribution in [2.24, 2.45) is 5.73 Å². The highest BCUT2D eigenvalue weighted by molar-refractivity contribution is 4.90. The van der Waals surface area contributed by atoms with Crippen molar-refractivity contribution in [3.63, 3.8) is 0 Å². The van der Waals surface area contributed by atoms with Crippen LogP contribution in [0.15, 0.2) is 0 Å². The Labute approximate surface area is 93.4 Å². The maximum Gasteiger partial charge on any atom is 0.405 e. The fourth-order valence-corrected chi connectivity index (χ4v) is 2.18. The topological polar surface area (TPSA) is 49.5 Å². The molecule has 1 fully saturated rings. The van der Waals surface area contributed by atoms with E-state index in [9.17, 15) is 18.3 Å². The van der Waals surface area contributed by atoms with E-state index in [4.69, 9.17) is 5.73 Å². The lowest BCUT2D eigenvalue weighted by atomic mass is 9.99. The van der Waals surface area contributed by atoms with Crippen molar-refractivity contribution in [2.45, 2.75) is 50.6 Å². The number of alkyl halides is 3. The average molecular weight is 240 g/mol. The summed E-state index contributed by atoms with van der Waals surface area (Å²) in [6, 6.07) is -2.56. The lowest BCUT2D eigenvalue weighted by molar-refractivity contribution is -0.195. The molecular formula is C10H19F3N2O. The summed E-state index contributed by atoms with van der Waals surface area (Å²) < 4.78 is 38.6. The van der Waals surface area contributed by atoms with Gasteiger partial charge in [0.1, 0.15) is 6.04 Å². The number of likely N-dealkylation sites (tertiary alicyclic amines) is 1. The van der Waals surface area contributed by atoms with Crippen LogP contribution in [0.25, 0.3) is 0 Å². The van der Waals surface area contributed by atoms with Gasteiger partial charge in [-0.15, -0.1) is 0 Å². The minimum absolute atomic E-state index is 0.0673. The second kappa shape index (κ2) is 5.33. The molecule has 3 unspecified atom stereocenters. The molecule has 0 aromatic heterocycles. The molecule has 16 heavy (non-hydrogen) atoms. The fraction of sp³-hybridized carbons (Fsp3) is 1.00. The molecule has 3 nitrogen and oxygen atoms in total. The zero-order valence-electron chi connectivity index (χ0n) is 9.37. The zero-order valence-corrected chi connectivity index (χ0v) is 9.37. The van der Waals surface area contributed by atoms with Gasteiger partial charge in [-0.1, -0.05) is 6.92 Å². The Morgan fingerprint density at radius 3 is 2.56 bits per heavy atom. The van der Waals surface area contributed by atoms with Gasteiger partial charge in [0.2, 0.25) is 0 Å². The number of nitrogens with two attached hydrogens (primary N) is 1. The van der Waals surface area contributed by atoms with Crippen LogP contribution in [0.2, 0.25) is 0 Å². The monoisotopic (exact) mass is 240 g/mol. The minimum Gasteiger partial charge on any atom is -0.392 e. The van der Waals surface area contributed by atoms with E-state index in [2.05, 4.69) is 0 Å². The second-order valence-electron chi connectivity index (χ2n) is 4.35. The number of aliphatic hydroxyl groups excluding tert-OH is 1. The van der Waals surface area contributed by atoms with E-state index in [0.717, 1.165) is 0 Å². The zero-order chi connectivity index (χ0) is 12.3. The van der Waals surface area contributed by atoms with Gasteiger partial charge in [0.05, 0.1) is 6.10 Å². The Morgan fingerprint density at radius 2 is 2.12 bits per heavy atom. The molecule has 1 saturated heterocycles. The van der Waals surface area contributed by atoms with Crippen molar-refractivity contribution in [1.82, 2.24) is 4.90 Å². The van der Waals surface area contributed by atoms with Gasteiger partial charge in [-0.25, -0.2) is 0 Å². The third kappa shape index (κ3) is 3.33. The van der Waals surface area contributed by atoms with Crippen LogP contribution >= 0.6 is 0 Å². The Balaban J connectivity index is 2.75. The van der Waals surface area contributed by atoms with Crippen molar-refractivity contribution >= 4 is 0 Å². The predicted octanol–water partition coefficient (Wildman–Crippen LogP) is 1.11. The van der Waals surface area contributed by atoms with Crippen LogP contribution in [-0.4, -0.2) is 47.5 Å². The third-order valence-electron chi connectivity index (χ3n) is 3.03. The molecule has 1 aliphatic heterocycles. The normalized spacial score (nSPS) is 27.8. The molecule has 0 aliphatic carbocycles. The highest BCUT2D eigenvalue weighted by atomic mass is 19.4. The number of halogens is 3. The lowest BCUT2D eigenvalue weighted by Gasteiger charge is -2.39. The van der Waals surface area contributed by atoms with Crippen LogP contribution in [0.1, 0.15) is 26.2 Å². The summed E-state index contributed by atoms with van der Waals surface area (Å²) in [5.41, 5.74) is 5.54. The molecule has 3 N–H and O–H groups in total. The molecule has 3 atom stereocenters. The number of aliphatic hydroxyl groups is 1. The van der Waals surface area contributed by atoms with Crippen LogP contribution in [0.5, 0.6) is 0 Å². The van der Waals surface area contributed by atoms with Gasteiger partial charge in [-0.3, -0.25) is 4.90 Å². The molecule has 1 aliphatic rings. The van der Waals surface area contributed by atoms with Gasteiger partial charge in [-0.05, 0) is 25.8 Å². The van der Waals surface area contributed by atoms with Gasteiger partial charge in [0.15, 0.2) is 0 Å². The standard InChI is InChI=1S/C10H19F3N2O/c1-2-8(14)9(10(11,12)13)15-5-3-4-7(16)6-15/h7-9,16H,2-6,14H2,1H3. The first-order valence-corrected chi connectivity index (χ1v) is 5.60. The predicted molar refractivity (Wildman–Crippen MR) is 54.9 cm³/mol. The molecule has 96 valence electrons. The van der Waals surface area contributed by atoms with Gasteiger partial charge in [0, 0.05) is 12.6 Å². The first-order chi connectivity index (χ1) is 7.36. The largest absolute Gasteiger partial charge is 0.405 e. The van der Waals surface area contributed by atoms with E-state index in [1.807, 2.05) is 0 Å². The summed E-state index contributed by atoms with van der Waals surface area (Å²) in [6.45, 7) is 2.07. The highest BCUT2D eigenvalue weighted by Crippen LogP contribution is 2.29. The van der Waals surface area contributed by atoms with E-state index >= 15 is 0 Å². The molecule has 0 spiro atoms. The van der Waals surface area contributed by atoms with E-state index in [1.54, 1.807) is 6.92 Å². The number of piperidine rings is 1. The Bertz CT molecular complexity index is 223. The summed E-state index contributed by atoms with van der Waals surface area (Å²) in [6.07, 6.45) is -3.56. The number of rotatable bonds is 3. The molecular weight excluding hydrogens is 221 g/mol. The second-order valence-corrected chi connectivity index (χ2v) is 4.35. The van der Waals surface area contributed by atoms with Crippen molar-refractivity contribution in [3.05, 3.63) is 0 Å². The van der Waals surface area contributed by atoms with Gasteiger partial charge < -0.3 is 10.8 Å². The van der Waals surface area contributed by atoms with Crippen LogP contribution < -0.4 is 5.73 Å². The smallest absolute Gasteiger partial charge is 0.392 e. The Morgan fingerprint density at radius 1 is 1.50 bits per heavy atom. The van der Waals surface area contributed by atoms with Gasteiger partial charge >= 0.3 is 6.18 Å². The molecule has 6 heteroatoms. The molecule has 0 saturated carbocycles. The average Bonchev–Trinajstić information content (AvgIpc) is 2.15. The van der Waals surface area contributed by atoms with Crippen molar-refractivity contribution < 1.29 is 18.3 Å². The van der Waals surface area contributed by atoms with Gasteiger partial charge in [-0.2, -0.15) is 13.2 Å². The molecule has 0 amide bonds. The Kier molecular flexibility index (Phi) is 4.58. The van der Waals surface area contributed by atoms with Crippen molar-refractivity contribution in [3.8, 4) is 0 Å². The van der Waals surface area contributed by atoms with E-state index in [-0.39, 0.29) is 13.0 Å². The summed E-state index contributed by atoms with van der Waals surface area (Å²) in [4.78, 5) is 1.27. The molecule has 0 radical (unpaired) electrons. The van der Waals surface area contributed by atoms with Gasteiger partial charge in [0.25, 0.3) is 0 Å². The van der Waals surface area contributed by atoms with Crippen LogP contribution in [-0.2, 0) is 0 Å². The summed E-state index contributed by atoms with van der Waals surface area (Å²) in [5, 5.41) is 9.40. The third-order valence-corrected chi connectivity index (χ3v) is 3.03. The molecule has 1 rings (SSSR count). The number of nitrogens with zero attached hydrogens (tertiary/aromatic N) is 1. The minimum atomic E-state index is -4.33. The first-order valence-electron chi connectivity index (χ1n) is 5.60. The molecule has 1 heterocycles. The number of hydrogen-bond acceptors (Lipinski definition) is 3. The molecule has 0 aromatic carbocycles. The first kappa shape index (κ1) is 13.7. The summed E-state index contributed by atoms with van der Waals surface area (Å²) >= 11 is 0. The maximum absolute atomic E-state index is 12.9. The van der Waals surface area contributed by atoms with Crippen LogP contribution in [0, 0.1) is 0 Å². The van der Waals surface area contributed by atoms with E-state index in [0.29, 0.717) is 19.4 Å².